The van der Waals surface area contributed by atoms with Gasteiger partial charge in [0, 0.05) is 10.6 Å². The van der Waals surface area contributed by atoms with Crippen LogP contribution in [0.4, 0.5) is 0 Å². The lowest BCUT2D eigenvalue weighted by molar-refractivity contribution is 0.604. The Morgan fingerprint density at radius 2 is 1.90 bits per heavy atom. The Morgan fingerprint density at radius 3 is 2.45 bits per heavy atom. The zero-order valence-electron chi connectivity index (χ0n) is 12.7. The van der Waals surface area contributed by atoms with E-state index < -0.39 is 0 Å². The van der Waals surface area contributed by atoms with E-state index in [2.05, 4.69) is 56.7 Å². The molecule has 2 aromatic heterocycles. The predicted molar refractivity (Wildman–Crippen MR) is 87.6 cm³/mol. The maximum Gasteiger partial charge on any atom is 0.171 e. The van der Waals surface area contributed by atoms with Gasteiger partial charge in [-0.3, -0.25) is 0 Å². The Bertz CT molecular complexity index is 597. The van der Waals surface area contributed by atoms with Crippen LogP contribution in [0.25, 0.3) is 10.7 Å². The van der Waals surface area contributed by atoms with Crippen LogP contribution in [0.3, 0.4) is 0 Å². The highest BCUT2D eigenvalue weighted by Crippen LogP contribution is 2.34. The van der Waals surface area contributed by atoms with Gasteiger partial charge in [-0.15, -0.1) is 11.3 Å². The third-order valence-electron chi connectivity index (χ3n) is 2.93. The number of halogens is 1. The molecule has 0 radical (unpaired) electrons. The highest BCUT2D eigenvalue weighted by Gasteiger charge is 2.18. The third-order valence-corrected chi connectivity index (χ3v) is 4.63. The average Bonchev–Trinajstić information content (AvgIpc) is 2.75. The molecule has 0 spiro atoms. The number of hydrogen-bond acceptors (Lipinski definition) is 3. The first-order chi connectivity index (χ1) is 9.25. The minimum absolute atomic E-state index is 0.155. The fourth-order valence-electron chi connectivity index (χ4n) is 1.96. The maximum absolute atomic E-state index is 6.13. The van der Waals surface area contributed by atoms with Crippen LogP contribution >= 0.6 is 22.9 Å². The summed E-state index contributed by atoms with van der Waals surface area (Å²) in [5.41, 5.74) is 1.17. The predicted octanol–water partition coefficient (Wildman–Crippen LogP) is 5.35. The van der Waals surface area contributed by atoms with E-state index in [4.69, 9.17) is 11.6 Å². The minimum atomic E-state index is 0.155. The SMILES string of the molecule is CC(C)Cc1cc(Cl)nc(-c2ccc(C(C)(C)C)s2)n1. The minimum Gasteiger partial charge on any atom is -0.232 e. The maximum atomic E-state index is 6.13. The van der Waals surface area contributed by atoms with Crippen LogP contribution in [-0.4, -0.2) is 9.97 Å². The normalized spacial score (nSPS) is 12.2. The number of nitrogens with zero attached hydrogens (tertiary/aromatic N) is 2. The molecule has 2 nitrogen and oxygen atoms in total. The molecule has 0 fully saturated rings. The van der Waals surface area contributed by atoms with Gasteiger partial charge in [-0.1, -0.05) is 46.2 Å². The van der Waals surface area contributed by atoms with Gasteiger partial charge in [0.1, 0.15) is 5.15 Å². The largest absolute Gasteiger partial charge is 0.232 e. The molecule has 0 unspecified atom stereocenters. The number of aromatic nitrogens is 2. The van der Waals surface area contributed by atoms with Gasteiger partial charge in [0.25, 0.3) is 0 Å². The van der Waals surface area contributed by atoms with Gasteiger partial charge in [0.2, 0.25) is 0 Å². The molecule has 2 heterocycles. The summed E-state index contributed by atoms with van der Waals surface area (Å²) in [5.74, 6) is 1.30. The second-order valence-corrected chi connectivity index (χ2v) is 7.99. The summed E-state index contributed by atoms with van der Waals surface area (Å²) in [6, 6.07) is 6.12. The molecule has 0 aliphatic rings. The monoisotopic (exact) mass is 308 g/mol. The summed E-state index contributed by atoms with van der Waals surface area (Å²) in [5, 5.41) is 0.524. The van der Waals surface area contributed by atoms with E-state index in [0.717, 1.165) is 22.8 Å². The van der Waals surface area contributed by atoms with Gasteiger partial charge < -0.3 is 0 Å². The Balaban J connectivity index is 2.37. The second-order valence-electron chi connectivity index (χ2n) is 6.52. The molecule has 2 aromatic rings. The molecule has 0 saturated carbocycles. The molecule has 4 heteroatoms. The van der Waals surface area contributed by atoms with Crippen LogP contribution in [0.1, 0.15) is 45.2 Å². The molecule has 0 saturated heterocycles. The molecular weight excluding hydrogens is 288 g/mol. The van der Waals surface area contributed by atoms with Crippen molar-refractivity contribution in [1.29, 1.82) is 0 Å². The second kappa shape index (κ2) is 5.82. The lowest BCUT2D eigenvalue weighted by atomic mass is 9.95. The fraction of sp³-hybridized carbons (Fsp3) is 0.500. The van der Waals surface area contributed by atoms with E-state index in [1.165, 1.54) is 4.88 Å². The van der Waals surface area contributed by atoms with E-state index in [0.29, 0.717) is 11.1 Å². The Hall–Kier alpha value is -0.930. The summed E-state index contributed by atoms with van der Waals surface area (Å²) >= 11 is 7.88. The smallest absolute Gasteiger partial charge is 0.171 e. The van der Waals surface area contributed by atoms with E-state index >= 15 is 0 Å². The molecule has 0 aromatic carbocycles. The lowest BCUT2D eigenvalue weighted by Crippen LogP contribution is -2.07. The van der Waals surface area contributed by atoms with E-state index in [9.17, 15) is 0 Å². The van der Waals surface area contributed by atoms with Crippen LogP contribution in [0.2, 0.25) is 5.15 Å². The lowest BCUT2D eigenvalue weighted by Gasteiger charge is -2.15. The van der Waals surface area contributed by atoms with Crippen LogP contribution in [0.15, 0.2) is 18.2 Å². The van der Waals surface area contributed by atoms with Crippen LogP contribution in [0.5, 0.6) is 0 Å². The van der Waals surface area contributed by atoms with Crippen molar-refractivity contribution in [2.75, 3.05) is 0 Å². The van der Waals surface area contributed by atoms with Gasteiger partial charge in [-0.2, -0.15) is 0 Å². The summed E-state index contributed by atoms with van der Waals surface area (Å²) in [7, 11) is 0. The standard InChI is InChI=1S/C16H21ClN2S/c1-10(2)8-11-9-14(17)19-15(18-11)12-6-7-13(20-12)16(3,4)5/h6-7,9-10H,8H2,1-5H3. The van der Waals surface area contributed by atoms with Crippen LogP contribution < -0.4 is 0 Å². The third kappa shape index (κ3) is 3.80. The molecule has 20 heavy (non-hydrogen) atoms. The first kappa shape index (κ1) is 15.5. The highest BCUT2D eigenvalue weighted by atomic mass is 35.5. The summed E-state index contributed by atoms with van der Waals surface area (Å²) in [6.07, 6.45) is 0.923. The molecule has 0 N–H and O–H groups in total. The zero-order valence-corrected chi connectivity index (χ0v) is 14.3. The molecule has 0 bridgehead atoms. The van der Waals surface area contributed by atoms with Gasteiger partial charge in [-0.25, -0.2) is 9.97 Å². The number of rotatable bonds is 3. The summed E-state index contributed by atoms with van der Waals surface area (Å²) in [4.78, 5) is 11.4. The highest BCUT2D eigenvalue weighted by molar-refractivity contribution is 7.15. The molecule has 0 aliphatic carbocycles. The van der Waals surface area contributed by atoms with Gasteiger partial charge in [-0.05, 0) is 36.0 Å². The number of hydrogen-bond donors (Lipinski definition) is 0. The van der Waals surface area contributed by atoms with Crippen molar-refractivity contribution in [1.82, 2.24) is 9.97 Å². The average molecular weight is 309 g/mol. The van der Waals surface area contributed by atoms with Crippen LogP contribution in [-0.2, 0) is 11.8 Å². The van der Waals surface area contributed by atoms with E-state index in [1.54, 1.807) is 11.3 Å². The van der Waals surface area contributed by atoms with Crippen molar-refractivity contribution in [2.45, 2.75) is 46.5 Å². The topological polar surface area (TPSA) is 25.8 Å². The van der Waals surface area contributed by atoms with Crippen molar-refractivity contribution in [2.24, 2.45) is 5.92 Å². The number of thiophene rings is 1. The quantitative estimate of drug-likeness (QED) is 0.714. The van der Waals surface area contributed by atoms with E-state index in [-0.39, 0.29) is 5.41 Å². The van der Waals surface area contributed by atoms with Gasteiger partial charge >= 0.3 is 0 Å². The van der Waals surface area contributed by atoms with Gasteiger partial charge in [0.15, 0.2) is 5.82 Å². The van der Waals surface area contributed by atoms with Crippen molar-refractivity contribution in [3.63, 3.8) is 0 Å². The molecule has 0 aliphatic heterocycles. The fourth-order valence-corrected chi connectivity index (χ4v) is 3.16. The van der Waals surface area contributed by atoms with Crippen molar-refractivity contribution in [3.8, 4) is 10.7 Å². The summed E-state index contributed by atoms with van der Waals surface area (Å²) < 4.78 is 0. The van der Waals surface area contributed by atoms with Crippen LogP contribution in [0, 0.1) is 5.92 Å². The molecule has 0 atom stereocenters. The first-order valence-electron chi connectivity index (χ1n) is 6.90. The van der Waals surface area contributed by atoms with Gasteiger partial charge in [0.05, 0.1) is 4.88 Å². The van der Waals surface area contributed by atoms with Crippen molar-refractivity contribution in [3.05, 3.63) is 33.9 Å². The Kier molecular flexibility index (Phi) is 4.50. The Morgan fingerprint density at radius 1 is 1.20 bits per heavy atom. The Labute approximate surface area is 130 Å². The zero-order chi connectivity index (χ0) is 14.9. The molecule has 108 valence electrons. The van der Waals surface area contributed by atoms with Crippen molar-refractivity contribution >= 4 is 22.9 Å². The van der Waals surface area contributed by atoms with E-state index in [1.807, 2.05) is 6.07 Å². The molecular formula is C16H21ClN2S. The first-order valence-corrected chi connectivity index (χ1v) is 8.09. The summed E-state index contributed by atoms with van der Waals surface area (Å²) in [6.45, 7) is 11.0. The van der Waals surface area contributed by atoms with Crippen molar-refractivity contribution < 1.29 is 0 Å². The molecule has 2 rings (SSSR count). The molecule has 0 amide bonds.